The number of hydrogen-bond donors (Lipinski definition) is 2. The Morgan fingerprint density at radius 1 is 1.57 bits per heavy atom. The van der Waals surface area contributed by atoms with Crippen LogP contribution in [0.4, 0.5) is 11.4 Å². The van der Waals surface area contributed by atoms with E-state index in [1.807, 2.05) is 6.92 Å². The molecular weight excluding hydrogens is 296 g/mol. The number of benzene rings is 1. The van der Waals surface area contributed by atoms with Gasteiger partial charge in [-0.15, -0.1) is 0 Å². The van der Waals surface area contributed by atoms with Crippen LogP contribution in [0.2, 0.25) is 0 Å². The number of nitrogens with one attached hydrogen (secondary N) is 1. The lowest BCUT2D eigenvalue weighted by Crippen LogP contribution is -2.42. The average molecular weight is 320 g/mol. The zero-order valence-corrected chi connectivity index (χ0v) is 13.8. The Balaban J connectivity index is 2.08. The SMILES string of the molecule is Cc1c(NC(=O)C(C)N2CCC(C)(CN)C2)cccc1[N+](=O)[O-]. The van der Waals surface area contributed by atoms with Crippen molar-refractivity contribution in [2.75, 3.05) is 25.0 Å². The minimum Gasteiger partial charge on any atom is -0.330 e. The average Bonchev–Trinajstić information content (AvgIpc) is 2.91. The summed E-state index contributed by atoms with van der Waals surface area (Å²) in [5.41, 5.74) is 6.81. The zero-order valence-electron chi connectivity index (χ0n) is 13.8. The lowest BCUT2D eigenvalue weighted by atomic mass is 9.90. The molecule has 0 aliphatic carbocycles. The van der Waals surface area contributed by atoms with Gasteiger partial charge in [0.25, 0.3) is 5.69 Å². The van der Waals surface area contributed by atoms with Crippen molar-refractivity contribution in [2.24, 2.45) is 11.1 Å². The molecule has 1 aromatic rings. The first-order chi connectivity index (χ1) is 10.8. The standard InChI is InChI=1S/C16H24N4O3/c1-11-13(5-4-6-14(11)20(22)23)18-15(21)12(2)19-8-7-16(3,9-17)10-19/h4-6,12H,7-10,17H2,1-3H3,(H,18,21). The van der Waals surface area contributed by atoms with E-state index >= 15 is 0 Å². The molecule has 3 N–H and O–H groups in total. The largest absolute Gasteiger partial charge is 0.330 e. The maximum Gasteiger partial charge on any atom is 0.274 e. The zero-order chi connectivity index (χ0) is 17.2. The predicted molar refractivity (Wildman–Crippen MR) is 89.3 cm³/mol. The molecule has 0 radical (unpaired) electrons. The highest BCUT2D eigenvalue weighted by Gasteiger charge is 2.36. The van der Waals surface area contributed by atoms with Gasteiger partial charge in [-0.05, 0) is 44.8 Å². The Kier molecular flexibility index (Phi) is 5.01. The highest BCUT2D eigenvalue weighted by Crippen LogP contribution is 2.30. The first-order valence-corrected chi connectivity index (χ1v) is 7.76. The highest BCUT2D eigenvalue weighted by atomic mass is 16.6. The number of carbonyl (C=O) groups is 1. The quantitative estimate of drug-likeness (QED) is 0.637. The summed E-state index contributed by atoms with van der Waals surface area (Å²) in [6.45, 7) is 7.83. The molecule has 2 rings (SSSR count). The number of hydrogen-bond acceptors (Lipinski definition) is 5. The Bertz CT molecular complexity index is 619. The molecule has 1 amide bonds. The minimum atomic E-state index is -0.443. The van der Waals surface area contributed by atoms with Crippen molar-refractivity contribution in [2.45, 2.75) is 33.2 Å². The van der Waals surface area contributed by atoms with Gasteiger partial charge in [-0.2, -0.15) is 0 Å². The van der Waals surface area contributed by atoms with Gasteiger partial charge in [0.2, 0.25) is 5.91 Å². The number of amides is 1. The maximum absolute atomic E-state index is 12.5. The summed E-state index contributed by atoms with van der Waals surface area (Å²) in [6, 6.07) is 4.39. The van der Waals surface area contributed by atoms with Crippen LogP contribution in [-0.2, 0) is 4.79 Å². The van der Waals surface area contributed by atoms with E-state index in [0.29, 0.717) is 17.8 Å². The molecule has 23 heavy (non-hydrogen) atoms. The van der Waals surface area contributed by atoms with Gasteiger partial charge in [0.1, 0.15) is 0 Å². The van der Waals surface area contributed by atoms with E-state index in [9.17, 15) is 14.9 Å². The van der Waals surface area contributed by atoms with Crippen molar-refractivity contribution in [3.63, 3.8) is 0 Å². The molecule has 126 valence electrons. The van der Waals surface area contributed by atoms with E-state index in [2.05, 4.69) is 17.1 Å². The van der Waals surface area contributed by atoms with Crippen LogP contribution in [0.5, 0.6) is 0 Å². The van der Waals surface area contributed by atoms with Crippen molar-refractivity contribution < 1.29 is 9.72 Å². The number of carbonyl (C=O) groups excluding carboxylic acids is 1. The molecule has 2 atom stereocenters. The summed E-state index contributed by atoms with van der Waals surface area (Å²) in [7, 11) is 0. The summed E-state index contributed by atoms with van der Waals surface area (Å²) in [5, 5.41) is 13.8. The van der Waals surface area contributed by atoms with E-state index in [1.165, 1.54) is 6.07 Å². The molecule has 1 heterocycles. The number of rotatable bonds is 5. The summed E-state index contributed by atoms with van der Waals surface area (Å²) in [6.07, 6.45) is 0.969. The number of nitrogens with zero attached hydrogens (tertiary/aromatic N) is 2. The molecule has 0 bridgehead atoms. The van der Waals surface area contributed by atoms with Gasteiger partial charge < -0.3 is 11.1 Å². The second-order valence-corrected chi connectivity index (χ2v) is 6.61. The second kappa shape index (κ2) is 6.64. The van der Waals surface area contributed by atoms with E-state index in [1.54, 1.807) is 19.1 Å². The van der Waals surface area contributed by atoms with Crippen molar-refractivity contribution in [1.82, 2.24) is 4.90 Å². The fourth-order valence-electron chi connectivity index (χ4n) is 2.92. The van der Waals surface area contributed by atoms with Gasteiger partial charge in [0, 0.05) is 12.6 Å². The first kappa shape index (κ1) is 17.4. The number of likely N-dealkylation sites (tertiary alicyclic amines) is 1. The van der Waals surface area contributed by atoms with Gasteiger partial charge >= 0.3 is 0 Å². The van der Waals surface area contributed by atoms with Crippen LogP contribution >= 0.6 is 0 Å². The van der Waals surface area contributed by atoms with E-state index in [4.69, 9.17) is 5.73 Å². The number of nitrogens with two attached hydrogens (primary N) is 1. The molecule has 1 aromatic carbocycles. The normalized spacial score (nSPS) is 22.8. The maximum atomic E-state index is 12.5. The van der Waals surface area contributed by atoms with Crippen LogP contribution in [0.1, 0.15) is 25.8 Å². The molecular formula is C16H24N4O3. The van der Waals surface area contributed by atoms with Crippen LogP contribution in [0, 0.1) is 22.5 Å². The lowest BCUT2D eigenvalue weighted by Gasteiger charge is -2.26. The van der Waals surface area contributed by atoms with Gasteiger partial charge in [-0.25, -0.2) is 0 Å². The van der Waals surface area contributed by atoms with E-state index in [0.717, 1.165) is 19.5 Å². The van der Waals surface area contributed by atoms with Crippen molar-refractivity contribution in [1.29, 1.82) is 0 Å². The lowest BCUT2D eigenvalue weighted by molar-refractivity contribution is -0.385. The Morgan fingerprint density at radius 3 is 2.83 bits per heavy atom. The van der Waals surface area contributed by atoms with Gasteiger partial charge in [-0.3, -0.25) is 19.8 Å². The topological polar surface area (TPSA) is 102 Å². The Morgan fingerprint density at radius 2 is 2.26 bits per heavy atom. The number of nitro groups is 1. The minimum absolute atomic E-state index is 0.00679. The Hall–Kier alpha value is -1.99. The van der Waals surface area contributed by atoms with Gasteiger partial charge in [-0.1, -0.05) is 13.0 Å². The molecule has 7 heteroatoms. The fraction of sp³-hybridized carbons (Fsp3) is 0.562. The third-order valence-electron chi connectivity index (χ3n) is 4.77. The van der Waals surface area contributed by atoms with Gasteiger partial charge in [0.05, 0.1) is 22.2 Å². The van der Waals surface area contributed by atoms with Crippen LogP contribution in [0.3, 0.4) is 0 Å². The smallest absolute Gasteiger partial charge is 0.274 e. The van der Waals surface area contributed by atoms with Crippen LogP contribution in [0.15, 0.2) is 18.2 Å². The summed E-state index contributed by atoms with van der Waals surface area (Å²) < 4.78 is 0. The summed E-state index contributed by atoms with van der Waals surface area (Å²) in [5.74, 6) is -0.158. The van der Waals surface area contributed by atoms with Crippen molar-refractivity contribution >= 4 is 17.3 Å². The molecule has 7 nitrogen and oxygen atoms in total. The van der Waals surface area contributed by atoms with Gasteiger partial charge in [0.15, 0.2) is 0 Å². The first-order valence-electron chi connectivity index (χ1n) is 7.76. The molecule has 1 fully saturated rings. The predicted octanol–water partition coefficient (Wildman–Crippen LogP) is 1.90. The highest BCUT2D eigenvalue weighted by molar-refractivity contribution is 5.95. The molecule has 1 aliphatic heterocycles. The molecule has 0 saturated carbocycles. The van der Waals surface area contributed by atoms with E-state index in [-0.39, 0.29) is 23.1 Å². The van der Waals surface area contributed by atoms with Crippen molar-refractivity contribution in [3.05, 3.63) is 33.9 Å². The number of anilines is 1. The fourth-order valence-corrected chi connectivity index (χ4v) is 2.92. The molecule has 1 aliphatic rings. The van der Waals surface area contributed by atoms with Crippen molar-refractivity contribution in [3.8, 4) is 0 Å². The molecule has 0 aromatic heterocycles. The molecule has 1 saturated heterocycles. The number of nitro benzene ring substituents is 1. The Labute approximate surface area is 136 Å². The van der Waals surface area contributed by atoms with Crippen LogP contribution in [0.25, 0.3) is 0 Å². The molecule has 0 spiro atoms. The third kappa shape index (κ3) is 3.68. The molecule has 2 unspecified atom stereocenters. The van der Waals surface area contributed by atoms with Crippen LogP contribution in [-0.4, -0.2) is 41.4 Å². The summed E-state index contributed by atoms with van der Waals surface area (Å²) >= 11 is 0. The summed E-state index contributed by atoms with van der Waals surface area (Å²) in [4.78, 5) is 25.1. The second-order valence-electron chi connectivity index (χ2n) is 6.61. The monoisotopic (exact) mass is 320 g/mol. The van der Waals surface area contributed by atoms with Crippen LogP contribution < -0.4 is 11.1 Å². The van der Waals surface area contributed by atoms with E-state index < -0.39 is 4.92 Å². The third-order valence-corrected chi connectivity index (χ3v) is 4.77.